The van der Waals surface area contributed by atoms with Gasteiger partial charge in [0.2, 0.25) is 20.9 Å². The Labute approximate surface area is 161 Å². The third-order valence-electron chi connectivity index (χ3n) is 2.74. The first kappa shape index (κ1) is 23.2. The summed E-state index contributed by atoms with van der Waals surface area (Å²) in [5, 5.41) is 6.15. The molecule has 0 atom stereocenters. The maximum absolute atomic E-state index is 11.2. The van der Waals surface area contributed by atoms with Crippen LogP contribution in [0.15, 0.2) is 24.3 Å². The van der Waals surface area contributed by atoms with Gasteiger partial charge >= 0.3 is 15.2 Å². The van der Waals surface area contributed by atoms with Crippen LogP contribution in [0.1, 0.15) is 5.56 Å². The van der Waals surface area contributed by atoms with Gasteiger partial charge in [0, 0.05) is 5.56 Å². The number of para-hydroxylation sites is 1. The first-order chi connectivity index (χ1) is 11.7. The number of phenols is 1. The number of benzene rings is 1. The summed E-state index contributed by atoms with van der Waals surface area (Å²) in [6, 6.07) is 4.51. The molecule has 0 saturated carbocycles. The van der Waals surface area contributed by atoms with Gasteiger partial charge in [0.25, 0.3) is 0 Å². The highest BCUT2D eigenvalue weighted by atomic mass is 35.5. The molecule has 1 heterocycles. The Morgan fingerprint density at radius 1 is 0.846 bits per heavy atom. The SMILES string of the molecule is Clc1nc(Cl)nc(Cl)n1.NC(c1ccccc1O)(P(=O)(O)O)P(=O)(O)O. The molecule has 0 aliphatic rings. The highest BCUT2D eigenvalue weighted by Gasteiger charge is 2.60. The molecule has 0 radical (unpaired) electrons. The Bertz CT molecular complexity index is 818. The van der Waals surface area contributed by atoms with Crippen LogP contribution in [0.3, 0.4) is 0 Å². The first-order valence-corrected chi connectivity index (χ1v) is 10.5. The molecule has 0 aliphatic heterocycles. The molecule has 16 heteroatoms. The Morgan fingerprint density at radius 3 is 1.50 bits per heavy atom. The summed E-state index contributed by atoms with van der Waals surface area (Å²) in [6.45, 7) is 0. The number of aromatic hydroxyl groups is 1. The summed E-state index contributed by atoms with van der Waals surface area (Å²) in [6.07, 6.45) is 0. The molecule has 0 amide bonds. The van der Waals surface area contributed by atoms with E-state index in [4.69, 9.17) is 60.1 Å². The maximum atomic E-state index is 11.2. The van der Waals surface area contributed by atoms with Gasteiger partial charge in [-0.25, -0.2) is 0 Å². The van der Waals surface area contributed by atoms with Crippen LogP contribution in [-0.2, 0) is 14.2 Å². The van der Waals surface area contributed by atoms with E-state index in [9.17, 15) is 14.2 Å². The zero-order chi connectivity index (χ0) is 20.3. The molecule has 0 saturated heterocycles. The van der Waals surface area contributed by atoms with Crippen LogP contribution in [0.2, 0.25) is 15.9 Å². The number of nitrogens with two attached hydrogens (primary N) is 1. The molecule has 1 aromatic heterocycles. The Balaban J connectivity index is 0.000000314. The fourth-order valence-electron chi connectivity index (χ4n) is 1.57. The fourth-order valence-corrected chi connectivity index (χ4v) is 4.55. The van der Waals surface area contributed by atoms with E-state index in [1.165, 1.54) is 12.1 Å². The van der Waals surface area contributed by atoms with Crippen molar-refractivity contribution in [1.29, 1.82) is 0 Å². The highest BCUT2D eigenvalue weighted by Crippen LogP contribution is 2.72. The van der Waals surface area contributed by atoms with E-state index in [1.54, 1.807) is 0 Å². The van der Waals surface area contributed by atoms with Crippen LogP contribution < -0.4 is 5.73 Å². The lowest BCUT2D eigenvalue weighted by Gasteiger charge is -2.31. The van der Waals surface area contributed by atoms with Crippen LogP contribution in [0.4, 0.5) is 0 Å². The van der Waals surface area contributed by atoms with E-state index in [2.05, 4.69) is 15.0 Å². The van der Waals surface area contributed by atoms with Gasteiger partial charge < -0.3 is 30.4 Å². The number of aromatic nitrogens is 3. The largest absolute Gasteiger partial charge is 0.508 e. The Hall–Kier alpha value is -0.840. The summed E-state index contributed by atoms with van der Waals surface area (Å²) in [5.74, 6) is -0.707. The minimum atomic E-state index is -5.40. The van der Waals surface area contributed by atoms with Crippen molar-refractivity contribution < 1.29 is 33.8 Å². The third kappa shape index (κ3) is 5.34. The lowest BCUT2D eigenvalue weighted by atomic mass is 10.2. The Kier molecular flexibility index (Phi) is 7.54. The molecule has 144 valence electrons. The number of halogens is 3. The zero-order valence-electron chi connectivity index (χ0n) is 12.3. The second-order valence-corrected chi connectivity index (χ2v) is 9.43. The van der Waals surface area contributed by atoms with Crippen molar-refractivity contribution in [1.82, 2.24) is 15.0 Å². The summed E-state index contributed by atoms with van der Waals surface area (Å²) in [4.78, 5) is 46.5. The molecule has 7 N–H and O–H groups in total. The van der Waals surface area contributed by atoms with Gasteiger partial charge in [0.15, 0.2) is 0 Å². The Morgan fingerprint density at radius 2 is 1.19 bits per heavy atom. The maximum Gasteiger partial charge on any atom is 0.362 e. The molecule has 0 unspecified atom stereocenters. The second kappa shape index (κ2) is 8.45. The highest BCUT2D eigenvalue weighted by molar-refractivity contribution is 7.71. The van der Waals surface area contributed by atoms with Crippen molar-refractivity contribution in [3.05, 3.63) is 45.7 Å². The number of nitrogens with zero attached hydrogens (tertiary/aromatic N) is 3. The number of hydrogen-bond donors (Lipinski definition) is 6. The van der Waals surface area contributed by atoms with E-state index in [0.29, 0.717) is 0 Å². The molecular weight excluding hydrogens is 456 g/mol. The minimum Gasteiger partial charge on any atom is -0.508 e. The number of rotatable bonds is 3. The third-order valence-corrected chi connectivity index (χ3v) is 7.07. The summed E-state index contributed by atoms with van der Waals surface area (Å²) < 4.78 is 22.4. The average molecular weight is 468 g/mol. The van der Waals surface area contributed by atoms with Gasteiger partial charge in [-0.05, 0) is 40.9 Å². The van der Waals surface area contributed by atoms with Crippen LogP contribution >= 0.6 is 50.0 Å². The molecule has 1 aromatic carbocycles. The van der Waals surface area contributed by atoms with Gasteiger partial charge in [0.1, 0.15) is 5.75 Å². The number of phenolic OH excluding ortho intramolecular Hbond substituents is 1. The molecule has 0 aliphatic carbocycles. The van der Waals surface area contributed by atoms with Gasteiger partial charge in [0.05, 0.1) is 0 Å². The van der Waals surface area contributed by atoms with E-state index in [1.807, 2.05) is 0 Å². The summed E-state index contributed by atoms with van der Waals surface area (Å²) in [5.41, 5.74) is 4.48. The van der Waals surface area contributed by atoms with E-state index in [-0.39, 0.29) is 15.9 Å². The molecule has 2 rings (SSSR count). The van der Waals surface area contributed by atoms with Crippen LogP contribution in [0.25, 0.3) is 0 Å². The van der Waals surface area contributed by atoms with Gasteiger partial charge in [-0.3, -0.25) is 9.13 Å². The molecule has 11 nitrogen and oxygen atoms in total. The van der Waals surface area contributed by atoms with Crippen molar-refractivity contribution in [3.8, 4) is 5.75 Å². The molecule has 0 spiro atoms. The van der Waals surface area contributed by atoms with Gasteiger partial charge in [-0.1, -0.05) is 18.2 Å². The minimum absolute atomic E-state index is 0.000000000000000444. The smallest absolute Gasteiger partial charge is 0.362 e. The normalized spacial score (nSPS) is 12.3. The predicted octanol–water partition coefficient (Wildman–Crippen LogP) is 1.65. The van der Waals surface area contributed by atoms with E-state index in [0.717, 1.165) is 12.1 Å². The number of hydrogen-bond acceptors (Lipinski definition) is 7. The van der Waals surface area contributed by atoms with E-state index >= 15 is 0 Å². The average Bonchev–Trinajstić information content (AvgIpc) is 2.43. The first-order valence-electron chi connectivity index (χ1n) is 6.11. The van der Waals surface area contributed by atoms with Crippen LogP contribution in [-0.4, -0.2) is 39.6 Å². The van der Waals surface area contributed by atoms with Crippen molar-refractivity contribution in [2.45, 2.75) is 5.02 Å². The van der Waals surface area contributed by atoms with Crippen molar-refractivity contribution in [2.24, 2.45) is 5.73 Å². The quantitative estimate of drug-likeness (QED) is 0.358. The van der Waals surface area contributed by atoms with Crippen molar-refractivity contribution in [2.75, 3.05) is 0 Å². The van der Waals surface area contributed by atoms with E-state index < -0.39 is 31.5 Å². The molecule has 0 bridgehead atoms. The fraction of sp³-hybridized carbons (Fsp3) is 0.100. The predicted molar refractivity (Wildman–Crippen MR) is 92.9 cm³/mol. The van der Waals surface area contributed by atoms with Crippen molar-refractivity contribution >= 4 is 50.0 Å². The lowest BCUT2D eigenvalue weighted by Crippen LogP contribution is -2.36. The standard InChI is InChI=1S/C7H11NO7P2.C3Cl3N3/c8-7(16(10,11)12,17(13,14)15)5-3-1-2-4-6(5)9;4-1-7-2(5)9-3(6)8-1/h1-4,9H,8H2,(H2,10,11,12)(H2,13,14,15);. The summed E-state index contributed by atoms with van der Waals surface area (Å²) in [7, 11) is -10.8. The monoisotopic (exact) mass is 466 g/mol. The molecule has 0 fully saturated rings. The second-order valence-electron chi connectivity index (χ2n) is 4.47. The van der Waals surface area contributed by atoms with Crippen molar-refractivity contribution in [3.63, 3.8) is 0 Å². The van der Waals surface area contributed by atoms with Gasteiger partial charge in [-0.15, -0.1) is 0 Å². The molecular formula is C10H11Cl3N4O7P2. The summed E-state index contributed by atoms with van der Waals surface area (Å²) >= 11 is 16.0. The zero-order valence-corrected chi connectivity index (χ0v) is 16.4. The van der Waals surface area contributed by atoms with Crippen LogP contribution in [0.5, 0.6) is 5.75 Å². The van der Waals surface area contributed by atoms with Crippen LogP contribution in [0, 0.1) is 0 Å². The molecule has 2 aromatic rings. The lowest BCUT2D eigenvalue weighted by molar-refractivity contribution is 0.306. The van der Waals surface area contributed by atoms with Gasteiger partial charge in [-0.2, -0.15) is 15.0 Å². The topological polar surface area (TPSA) is 200 Å². The molecule has 26 heavy (non-hydrogen) atoms.